The van der Waals surface area contributed by atoms with Crippen molar-refractivity contribution in [1.29, 1.82) is 0 Å². The fraction of sp³-hybridized carbons (Fsp3) is 0.417. The molecule has 1 rings (SSSR count). The van der Waals surface area contributed by atoms with E-state index in [1.165, 1.54) is 0 Å². The molecule has 0 saturated heterocycles. The number of methoxy groups -OCH3 is 1. The highest BCUT2D eigenvalue weighted by Gasteiger charge is 2.13. The zero-order valence-electron chi connectivity index (χ0n) is 10.0. The Labute approximate surface area is 107 Å². The third-order valence-electron chi connectivity index (χ3n) is 2.35. The van der Waals surface area contributed by atoms with E-state index in [-0.39, 0.29) is 10.5 Å². The largest absolute Gasteiger partial charge is 0.478 e. The van der Waals surface area contributed by atoms with Gasteiger partial charge in [-0.2, -0.15) is 0 Å². The van der Waals surface area contributed by atoms with Crippen molar-refractivity contribution < 1.29 is 23.2 Å². The molecule has 0 fully saturated rings. The lowest BCUT2D eigenvalue weighted by atomic mass is 10.2. The van der Waals surface area contributed by atoms with E-state index in [9.17, 15) is 13.4 Å². The van der Waals surface area contributed by atoms with E-state index in [0.717, 1.165) is 24.6 Å². The molecule has 0 saturated carbocycles. The Balaban J connectivity index is 2.72. The third kappa shape index (κ3) is 4.19. The lowest BCUT2D eigenvalue weighted by Gasteiger charge is -2.05. The van der Waals surface area contributed by atoms with E-state index in [4.69, 9.17) is 9.84 Å². The molecule has 1 N–H and O–H groups in total. The van der Waals surface area contributed by atoms with Gasteiger partial charge in [-0.05, 0) is 31.0 Å². The Morgan fingerprint density at radius 1 is 1.44 bits per heavy atom. The summed E-state index contributed by atoms with van der Waals surface area (Å²) in [5.74, 6) is -1.50. The zero-order chi connectivity index (χ0) is 13.5. The van der Waals surface area contributed by atoms with E-state index in [1.807, 2.05) is 0 Å². The summed E-state index contributed by atoms with van der Waals surface area (Å²) >= 11 is 0. The second-order valence-corrected chi connectivity index (χ2v) is 5.24. The Morgan fingerprint density at radius 3 is 2.78 bits per heavy atom. The van der Waals surface area contributed by atoms with Crippen LogP contribution in [0.1, 0.15) is 23.2 Å². The van der Waals surface area contributed by atoms with Crippen molar-refractivity contribution in [2.75, 3.05) is 19.5 Å². The Bertz CT molecular complexity index is 448. The van der Waals surface area contributed by atoms with E-state index in [2.05, 4.69) is 0 Å². The van der Waals surface area contributed by atoms with Gasteiger partial charge in [-0.25, -0.2) is 9.18 Å². The van der Waals surface area contributed by atoms with Gasteiger partial charge >= 0.3 is 5.97 Å². The third-order valence-corrected chi connectivity index (χ3v) is 3.81. The van der Waals surface area contributed by atoms with Crippen LogP contribution < -0.4 is 0 Å². The molecule has 1 unspecified atom stereocenters. The van der Waals surface area contributed by atoms with Gasteiger partial charge in [0.2, 0.25) is 0 Å². The maximum absolute atomic E-state index is 13.4. The number of benzene rings is 1. The van der Waals surface area contributed by atoms with Crippen molar-refractivity contribution in [3.63, 3.8) is 0 Å². The first-order chi connectivity index (χ1) is 8.56. The molecule has 6 heteroatoms. The van der Waals surface area contributed by atoms with Crippen molar-refractivity contribution in [3.8, 4) is 0 Å². The van der Waals surface area contributed by atoms with E-state index in [1.54, 1.807) is 7.11 Å². The van der Waals surface area contributed by atoms with Gasteiger partial charge in [0.1, 0.15) is 5.82 Å². The lowest BCUT2D eigenvalue weighted by Crippen LogP contribution is -2.05. The first-order valence-electron chi connectivity index (χ1n) is 5.46. The van der Waals surface area contributed by atoms with Crippen LogP contribution in [-0.2, 0) is 15.5 Å². The summed E-state index contributed by atoms with van der Waals surface area (Å²) in [5, 5.41) is 8.79. The zero-order valence-corrected chi connectivity index (χ0v) is 10.8. The average Bonchev–Trinajstić information content (AvgIpc) is 2.34. The fourth-order valence-electron chi connectivity index (χ4n) is 1.40. The molecule has 0 radical (unpaired) electrons. The standard InChI is InChI=1S/C12H15FO4S/c1-17-6-2-3-7-18(16)11-8-9(12(14)15)4-5-10(11)13/h4-5,8H,2-3,6-7H2,1H3,(H,14,15). The second kappa shape index (κ2) is 7.23. The quantitative estimate of drug-likeness (QED) is 0.773. The number of halogens is 1. The maximum atomic E-state index is 13.4. The SMILES string of the molecule is COCCCCS(=O)c1cc(C(=O)O)ccc1F. The number of rotatable bonds is 7. The van der Waals surface area contributed by atoms with Crippen LogP contribution in [0, 0.1) is 5.82 Å². The smallest absolute Gasteiger partial charge is 0.335 e. The molecule has 0 heterocycles. The molecular weight excluding hydrogens is 259 g/mol. The van der Waals surface area contributed by atoms with Crippen molar-refractivity contribution >= 4 is 16.8 Å². The van der Waals surface area contributed by atoms with Crippen molar-refractivity contribution in [2.24, 2.45) is 0 Å². The van der Waals surface area contributed by atoms with Gasteiger partial charge in [-0.15, -0.1) is 0 Å². The number of aromatic carboxylic acids is 1. The highest BCUT2D eigenvalue weighted by atomic mass is 32.2. The van der Waals surface area contributed by atoms with Crippen LogP contribution in [0.3, 0.4) is 0 Å². The topological polar surface area (TPSA) is 63.6 Å². The van der Waals surface area contributed by atoms with Gasteiger partial charge < -0.3 is 9.84 Å². The first kappa shape index (κ1) is 14.8. The summed E-state index contributed by atoms with van der Waals surface area (Å²) in [4.78, 5) is 10.7. The maximum Gasteiger partial charge on any atom is 0.335 e. The van der Waals surface area contributed by atoms with Gasteiger partial charge in [0.15, 0.2) is 0 Å². The summed E-state index contributed by atoms with van der Waals surface area (Å²) in [6.45, 7) is 0.564. The van der Waals surface area contributed by atoms with Crippen LogP contribution in [0.15, 0.2) is 23.1 Å². The molecule has 0 bridgehead atoms. The van der Waals surface area contributed by atoms with Crippen LogP contribution in [-0.4, -0.2) is 34.8 Å². The highest BCUT2D eigenvalue weighted by molar-refractivity contribution is 7.85. The molecule has 100 valence electrons. The summed E-state index contributed by atoms with van der Waals surface area (Å²) in [7, 11) is 0.0572. The molecule has 0 aliphatic carbocycles. The summed E-state index contributed by atoms with van der Waals surface area (Å²) in [5.41, 5.74) is -0.0587. The molecule has 18 heavy (non-hydrogen) atoms. The molecule has 0 aromatic heterocycles. The molecule has 0 amide bonds. The van der Waals surface area contributed by atoms with Crippen LogP contribution in [0.2, 0.25) is 0 Å². The predicted molar refractivity (Wildman–Crippen MR) is 65.7 cm³/mol. The molecule has 4 nitrogen and oxygen atoms in total. The van der Waals surface area contributed by atoms with E-state index in [0.29, 0.717) is 18.8 Å². The fourth-order valence-corrected chi connectivity index (χ4v) is 2.63. The van der Waals surface area contributed by atoms with Gasteiger partial charge in [0.25, 0.3) is 0 Å². The molecule has 1 aromatic rings. The van der Waals surface area contributed by atoms with Gasteiger partial charge in [0.05, 0.1) is 21.3 Å². The molecule has 0 spiro atoms. The minimum atomic E-state index is -1.52. The summed E-state index contributed by atoms with van der Waals surface area (Å²) < 4.78 is 30.1. The number of carboxylic acid groups (broad SMARTS) is 1. The number of carboxylic acids is 1. The van der Waals surface area contributed by atoms with E-state index >= 15 is 0 Å². The number of ether oxygens (including phenoxy) is 1. The minimum Gasteiger partial charge on any atom is -0.478 e. The van der Waals surface area contributed by atoms with Gasteiger partial charge in [-0.3, -0.25) is 4.21 Å². The predicted octanol–water partition coefficient (Wildman–Crippen LogP) is 2.06. The lowest BCUT2D eigenvalue weighted by molar-refractivity contribution is 0.0696. The monoisotopic (exact) mass is 274 g/mol. The van der Waals surface area contributed by atoms with Crippen LogP contribution >= 0.6 is 0 Å². The van der Waals surface area contributed by atoms with Crippen LogP contribution in [0.5, 0.6) is 0 Å². The van der Waals surface area contributed by atoms with Crippen molar-refractivity contribution in [1.82, 2.24) is 0 Å². The normalized spacial score (nSPS) is 12.3. The van der Waals surface area contributed by atoms with E-state index < -0.39 is 22.6 Å². The van der Waals surface area contributed by atoms with Crippen molar-refractivity contribution in [3.05, 3.63) is 29.6 Å². The number of unbranched alkanes of at least 4 members (excludes halogenated alkanes) is 1. The molecule has 0 aliphatic rings. The number of hydrogen-bond acceptors (Lipinski definition) is 3. The van der Waals surface area contributed by atoms with Crippen molar-refractivity contribution in [2.45, 2.75) is 17.7 Å². The summed E-state index contributed by atoms with van der Waals surface area (Å²) in [6, 6.07) is 3.32. The van der Waals surface area contributed by atoms with Crippen LogP contribution in [0.4, 0.5) is 4.39 Å². The molecular formula is C12H15FO4S. The Hall–Kier alpha value is -1.27. The Kier molecular flexibility index (Phi) is 5.94. The number of hydrogen-bond donors (Lipinski definition) is 1. The second-order valence-electron chi connectivity index (χ2n) is 3.70. The van der Waals surface area contributed by atoms with Gasteiger partial charge in [-0.1, -0.05) is 0 Å². The first-order valence-corrected chi connectivity index (χ1v) is 6.78. The summed E-state index contributed by atoms with van der Waals surface area (Å²) in [6.07, 6.45) is 1.37. The number of carbonyl (C=O) groups is 1. The minimum absolute atomic E-state index is 0.0488. The molecule has 0 aliphatic heterocycles. The van der Waals surface area contributed by atoms with Gasteiger partial charge in [0, 0.05) is 19.5 Å². The highest BCUT2D eigenvalue weighted by Crippen LogP contribution is 2.16. The average molecular weight is 274 g/mol. The molecule has 1 atom stereocenters. The Morgan fingerprint density at radius 2 is 2.17 bits per heavy atom. The molecule has 1 aromatic carbocycles. The van der Waals surface area contributed by atoms with Crippen LogP contribution in [0.25, 0.3) is 0 Å².